The van der Waals surface area contributed by atoms with Gasteiger partial charge in [0.15, 0.2) is 0 Å². The van der Waals surface area contributed by atoms with Crippen LogP contribution < -0.4 is 4.90 Å². The lowest BCUT2D eigenvalue weighted by atomic mass is 9.99. The fraction of sp³-hybridized carbons (Fsp3) is 0.417. The quantitative estimate of drug-likeness (QED) is 0.853. The number of rotatable bonds is 4. The van der Waals surface area contributed by atoms with E-state index in [1.807, 2.05) is 0 Å². The molecule has 1 atom stereocenters. The number of benzene rings is 1. The number of para-hydroxylation sites is 1. The summed E-state index contributed by atoms with van der Waals surface area (Å²) in [5.74, 6) is -1.70. The van der Waals surface area contributed by atoms with E-state index in [2.05, 4.69) is 0 Å². The van der Waals surface area contributed by atoms with Crippen LogP contribution in [0, 0.1) is 11.7 Å². The molecule has 88 valence electrons. The zero-order chi connectivity index (χ0) is 12.3. The van der Waals surface area contributed by atoms with Gasteiger partial charge in [0, 0.05) is 14.1 Å². The summed E-state index contributed by atoms with van der Waals surface area (Å²) in [7, 11) is 3.49. The lowest BCUT2D eigenvalue weighted by molar-refractivity contribution is -0.141. The minimum atomic E-state index is -0.867. The van der Waals surface area contributed by atoms with Gasteiger partial charge in [-0.05, 0) is 18.1 Å². The van der Waals surface area contributed by atoms with Crippen LogP contribution in [0.2, 0.25) is 0 Å². The number of carboxylic acid groups (broad SMARTS) is 1. The van der Waals surface area contributed by atoms with Crippen LogP contribution in [0.5, 0.6) is 0 Å². The molecular weight excluding hydrogens is 209 g/mol. The third-order valence-electron chi connectivity index (χ3n) is 2.47. The van der Waals surface area contributed by atoms with Crippen molar-refractivity contribution in [1.29, 1.82) is 0 Å². The molecule has 16 heavy (non-hydrogen) atoms. The second kappa shape index (κ2) is 4.96. The molecule has 0 spiro atoms. The molecule has 0 radical (unpaired) electrons. The van der Waals surface area contributed by atoms with Crippen molar-refractivity contribution in [2.24, 2.45) is 5.92 Å². The Balaban J connectivity index is 3.04. The average Bonchev–Trinajstić information content (AvgIpc) is 2.16. The highest BCUT2D eigenvalue weighted by molar-refractivity contribution is 5.70. The van der Waals surface area contributed by atoms with E-state index >= 15 is 0 Å². The summed E-state index contributed by atoms with van der Waals surface area (Å²) in [4.78, 5) is 12.4. The van der Waals surface area contributed by atoms with Crippen LogP contribution in [0.1, 0.15) is 12.5 Å². The number of carboxylic acids is 1. The van der Waals surface area contributed by atoms with Gasteiger partial charge >= 0.3 is 5.97 Å². The van der Waals surface area contributed by atoms with Crippen molar-refractivity contribution in [3.63, 3.8) is 0 Å². The third kappa shape index (κ3) is 2.72. The molecule has 0 saturated carbocycles. The second-order valence-electron chi connectivity index (χ2n) is 4.09. The highest BCUT2D eigenvalue weighted by atomic mass is 19.1. The highest BCUT2D eigenvalue weighted by Crippen LogP contribution is 2.25. The Labute approximate surface area is 94.5 Å². The van der Waals surface area contributed by atoms with Crippen LogP contribution in [0.3, 0.4) is 0 Å². The first-order chi connectivity index (χ1) is 7.43. The fourth-order valence-electron chi connectivity index (χ4n) is 1.64. The number of anilines is 1. The van der Waals surface area contributed by atoms with Gasteiger partial charge in [0.2, 0.25) is 0 Å². The number of aliphatic carboxylic acids is 1. The van der Waals surface area contributed by atoms with Crippen molar-refractivity contribution in [3.8, 4) is 0 Å². The van der Waals surface area contributed by atoms with Crippen LogP contribution in [0.4, 0.5) is 10.1 Å². The summed E-state index contributed by atoms with van der Waals surface area (Å²) >= 11 is 0. The lowest BCUT2D eigenvalue weighted by Crippen LogP contribution is -2.17. The zero-order valence-electron chi connectivity index (χ0n) is 9.70. The molecule has 0 aliphatic rings. The van der Waals surface area contributed by atoms with E-state index in [0.717, 1.165) is 5.56 Å². The largest absolute Gasteiger partial charge is 0.481 e. The predicted molar refractivity (Wildman–Crippen MR) is 61.2 cm³/mol. The van der Waals surface area contributed by atoms with E-state index in [-0.39, 0.29) is 5.82 Å². The topological polar surface area (TPSA) is 40.5 Å². The Hall–Kier alpha value is -1.58. The van der Waals surface area contributed by atoms with Crippen molar-refractivity contribution < 1.29 is 14.3 Å². The molecule has 0 aromatic heterocycles. The van der Waals surface area contributed by atoms with Crippen LogP contribution in [-0.2, 0) is 11.2 Å². The van der Waals surface area contributed by atoms with Crippen molar-refractivity contribution in [2.45, 2.75) is 13.3 Å². The Morgan fingerprint density at radius 2 is 2.12 bits per heavy atom. The first kappa shape index (κ1) is 12.5. The smallest absolute Gasteiger partial charge is 0.306 e. The number of hydrogen-bond acceptors (Lipinski definition) is 2. The minimum absolute atomic E-state index is 0.319. The van der Waals surface area contributed by atoms with Crippen LogP contribution >= 0.6 is 0 Å². The van der Waals surface area contributed by atoms with Gasteiger partial charge in [-0.2, -0.15) is 0 Å². The third-order valence-corrected chi connectivity index (χ3v) is 2.47. The standard InChI is InChI=1S/C12H16FNO2/c1-8(12(15)16)7-9-5-4-6-10(13)11(9)14(2)3/h4-6,8H,7H2,1-3H3,(H,15,16). The van der Waals surface area contributed by atoms with E-state index in [1.54, 1.807) is 38.1 Å². The van der Waals surface area contributed by atoms with Crippen molar-refractivity contribution >= 4 is 11.7 Å². The van der Waals surface area contributed by atoms with E-state index in [4.69, 9.17) is 5.11 Å². The molecule has 0 saturated heterocycles. The first-order valence-electron chi connectivity index (χ1n) is 5.11. The van der Waals surface area contributed by atoms with E-state index in [9.17, 15) is 9.18 Å². The second-order valence-corrected chi connectivity index (χ2v) is 4.09. The maximum Gasteiger partial charge on any atom is 0.306 e. The van der Waals surface area contributed by atoms with Gasteiger partial charge < -0.3 is 10.0 Å². The SMILES string of the molecule is CC(Cc1cccc(F)c1N(C)C)C(=O)O. The minimum Gasteiger partial charge on any atom is -0.481 e. The number of nitrogens with zero attached hydrogens (tertiary/aromatic N) is 1. The van der Waals surface area contributed by atoms with Gasteiger partial charge in [0.25, 0.3) is 0 Å². The van der Waals surface area contributed by atoms with Crippen LogP contribution in [0.25, 0.3) is 0 Å². The zero-order valence-corrected chi connectivity index (χ0v) is 9.70. The average molecular weight is 225 g/mol. The molecular formula is C12H16FNO2. The van der Waals surface area contributed by atoms with Gasteiger partial charge in [-0.25, -0.2) is 4.39 Å². The van der Waals surface area contributed by atoms with Gasteiger partial charge in [-0.1, -0.05) is 19.1 Å². The molecule has 0 aliphatic carbocycles. The van der Waals surface area contributed by atoms with Crippen molar-refractivity contribution in [3.05, 3.63) is 29.6 Å². The molecule has 1 rings (SSSR count). The molecule has 1 unspecified atom stereocenters. The van der Waals surface area contributed by atoms with Gasteiger partial charge in [0.1, 0.15) is 5.82 Å². The Morgan fingerprint density at radius 3 is 2.62 bits per heavy atom. The van der Waals surface area contributed by atoms with Gasteiger partial charge in [-0.3, -0.25) is 4.79 Å². The summed E-state index contributed by atoms with van der Waals surface area (Å²) in [5, 5.41) is 8.83. The molecule has 0 amide bonds. The molecule has 1 aromatic carbocycles. The molecule has 3 nitrogen and oxygen atoms in total. The van der Waals surface area contributed by atoms with Crippen LogP contribution in [0.15, 0.2) is 18.2 Å². The fourth-order valence-corrected chi connectivity index (χ4v) is 1.64. The molecule has 1 N–H and O–H groups in total. The Morgan fingerprint density at radius 1 is 1.50 bits per heavy atom. The van der Waals surface area contributed by atoms with Gasteiger partial charge in [-0.15, -0.1) is 0 Å². The maximum absolute atomic E-state index is 13.6. The molecule has 0 bridgehead atoms. The maximum atomic E-state index is 13.6. The molecule has 1 aromatic rings. The lowest BCUT2D eigenvalue weighted by Gasteiger charge is -2.19. The number of halogens is 1. The molecule has 4 heteroatoms. The van der Waals surface area contributed by atoms with Crippen LogP contribution in [-0.4, -0.2) is 25.2 Å². The monoisotopic (exact) mass is 225 g/mol. The summed E-state index contributed by atoms with van der Waals surface area (Å²) < 4.78 is 13.6. The molecule has 0 heterocycles. The number of carbonyl (C=O) groups is 1. The predicted octanol–water partition coefficient (Wildman–Crippen LogP) is 2.15. The number of hydrogen-bond donors (Lipinski definition) is 1. The summed E-state index contributed by atoms with van der Waals surface area (Å²) in [6.45, 7) is 1.62. The first-order valence-corrected chi connectivity index (χ1v) is 5.11. The van der Waals surface area contributed by atoms with Crippen molar-refractivity contribution in [2.75, 3.05) is 19.0 Å². The summed E-state index contributed by atoms with van der Waals surface area (Å²) in [6, 6.07) is 4.74. The summed E-state index contributed by atoms with van der Waals surface area (Å²) in [5.41, 5.74) is 1.19. The Bertz CT molecular complexity index is 391. The molecule has 0 fully saturated rings. The van der Waals surface area contributed by atoms with Crippen molar-refractivity contribution in [1.82, 2.24) is 0 Å². The Kier molecular flexibility index (Phi) is 3.88. The van der Waals surface area contributed by atoms with Gasteiger partial charge in [0.05, 0.1) is 11.6 Å². The van der Waals surface area contributed by atoms with E-state index < -0.39 is 11.9 Å². The van der Waals surface area contributed by atoms with E-state index in [0.29, 0.717) is 12.1 Å². The highest BCUT2D eigenvalue weighted by Gasteiger charge is 2.16. The normalized spacial score (nSPS) is 12.2. The summed E-state index contributed by atoms with van der Waals surface area (Å²) in [6.07, 6.45) is 0.334. The molecule has 0 aliphatic heterocycles. The van der Waals surface area contributed by atoms with E-state index in [1.165, 1.54) is 6.07 Å².